The fourth-order valence-electron chi connectivity index (χ4n) is 3.61. The van der Waals surface area contributed by atoms with E-state index >= 15 is 0 Å². The second kappa shape index (κ2) is 11.5. The van der Waals surface area contributed by atoms with Crippen molar-refractivity contribution in [3.05, 3.63) is 48.4 Å². The predicted molar refractivity (Wildman–Crippen MR) is 131 cm³/mol. The molecule has 1 aromatic heterocycles. The van der Waals surface area contributed by atoms with Crippen LogP contribution in [0.25, 0.3) is 0 Å². The highest BCUT2D eigenvalue weighted by Crippen LogP contribution is 2.30. The van der Waals surface area contributed by atoms with Gasteiger partial charge in [0.15, 0.2) is 5.96 Å². The predicted octanol–water partition coefficient (Wildman–Crippen LogP) is 3.34. The summed E-state index contributed by atoms with van der Waals surface area (Å²) in [5, 5.41) is 17.5. The van der Waals surface area contributed by atoms with Crippen molar-refractivity contribution in [2.75, 3.05) is 38.2 Å². The summed E-state index contributed by atoms with van der Waals surface area (Å²) in [5.41, 5.74) is -0.0359. The summed E-state index contributed by atoms with van der Waals surface area (Å²) >= 11 is 0. The van der Waals surface area contributed by atoms with Crippen molar-refractivity contribution >= 4 is 35.6 Å². The first-order valence-electron chi connectivity index (χ1n) is 10.2. The normalized spacial score (nSPS) is 18.9. The third-order valence-corrected chi connectivity index (χ3v) is 5.13. The fraction of sp³-hybridized carbons (Fsp3) is 0.500. The summed E-state index contributed by atoms with van der Waals surface area (Å²) in [6.07, 6.45) is 3.70. The SMILES string of the molecule is CCNC(=NCC(C)(O)c1ccco1)NC1CCCN(c2ccccc2OC)C1.I. The Morgan fingerprint density at radius 3 is 2.83 bits per heavy atom. The number of methoxy groups -OCH3 is 1. The number of aliphatic imine (C=N–C) groups is 1. The molecular weight excluding hydrogens is 495 g/mol. The first-order chi connectivity index (χ1) is 14.0. The van der Waals surface area contributed by atoms with Crippen LogP contribution in [0, 0.1) is 0 Å². The summed E-state index contributed by atoms with van der Waals surface area (Å²) in [5.74, 6) is 2.10. The van der Waals surface area contributed by atoms with Gasteiger partial charge in [0.05, 0.1) is 25.6 Å². The van der Waals surface area contributed by atoms with Gasteiger partial charge in [-0.25, -0.2) is 4.99 Å². The van der Waals surface area contributed by atoms with E-state index in [1.165, 1.54) is 0 Å². The zero-order valence-corrected chi connectivity index (χ0v) is 20.3. The Labute approximate surface area is 195 Å². The van der Waals surface area contributed by atoms with Crippen LogP contribution in [0.2, 0.25) is 0 Å². The molecule has 2 atom stereocenters. The summed E-state index contributed by atoms with van der Waals surface area (Å²) in [6, 6.07) is 11.9. The topological polar surface area (TPSA) is 82.3 Å². The number of para-hydroxylation sites is 2. The van der Waals surface area contributed by atoms with Gasteiger partial charge in [-0.3, -0.25) is 0 Å². The number of benzene rings is 1. The first-order valence-corrected chi connectivity index (χ1v) is 10.2. The Morgan fingerprint density at radius 2 is 2.13 bits per heavy atom. The molecule has 7 nitrogen and oxygen atoms in total. The number of nitrogens with zero attached hydrogens (tertiary/aromatic N) is 2. The largest absolute Gasteiger partial charge is 0.495 e. The second-order valence-corrected chi connectivity index (χ2v) is 7.55. The molecule has 3 rings (SSSR count). The van der Waals surface area contributed by atoms with Crippen LogP contribution in [-0.4, -0.2) is 50.4 Å². The first kappa shape index (κ1) is 24.3. The number of rotatable bonds is 7. The summed E-state index contributed by atoms with van der Waals surface area (Å²) < 4.78 is 10.9. The van der Waals surface area contributed by atoms with E-state index in [2.05, 4.69) is 26.6 Å². The Kier molecular flexibility index (Phi) is 9.29. The van der Waals surface area contributed by atoms with Gasteiger partial charge in [0.1, 0.15) is 17.1 Å². The van der Waals surface area contributed by atoms with Crippen LogP contribution in [-0.2, 0) is 5.60 Å². The van der Waals surface area contributed by atoms with Crippen molar-refractivity contribution in [3.8, 4) is 5.75 Å². The number of halogens is 1. The van der Waals surface area contributed by atoms with Gasteiger partial charge in [-0.2, -0.15) is 0 Å². The van der Waals surface area contributed by atoms with Gasteiger partial charge in [0, 0.05) is 25.7 Å². The molecule has 8 heteroatoms. The van der Waals surface area contributed by atoms with Crippen LogP contribution in [0.3, 0.4) is 0 Å². The van der Waals surface area contributed by atoms with Crippen LogP contribution in [0.1, 0.15) is 32.4 Å². The van der Waals surface area contributed by atoms with E-state index in [0.717, 1.165) is 43.9 Å². The molecule has 1 aliphatic heterocycles. The minimum absolute atomic E-state index is 0. The van der Waals surface area contributed by atoms with E-state index in [4.69, 9.17) is 9.15 Å². The molecule has 1 aliphatic rings. The fourth-order valence-corrected chi connectivity index (χ4v) is 3.61. The van der Waals surface area contributed by atoms with Crippen LogP contribution in [0.4, 0.5) is 5.69 Å². The van der Waals surface area contributed by atoms with Gasteiger partial charge < -0.3 is 29.8 Å². The van der Waals surface area contributed by atoms with Gasteiger partial charge >= 0.3 is 0 Å². The average molecular weight is 528 g/mol. The van der Waals surface area contributed by atoms with Crippen LogP contribution in [0.15, 0.2) is 52.1 Å². The molecule has 166 valence electrons. The van der Waals surface area contributed by atoms with E-state index in [1.54, 1.807) is 32.4 Å². The lowest BCUT2D eigenvalue weighted by Gasteiger charge is -2.36. The maximum Gasteiger partial charge on any atom is 0.191 e. The molecule has 3 N–H and O–H groups in total. The summed E-state index contributed by atoms with van der Waals surface area (Å²) in [7, 11) is 1.71. The number of piperidine rings is 1. The van der Waals surface area contributed by atoms with Crippen molar-refractivity contribution in [2.45, 2.75) is 38.3 Å². The minimum atomic E-state index is -1.15. The maximum atomic E-state index is 10.7. The maximum absolute atomic E-state index is 10.7. The van der Waals surface area contributed by atoms with Crippen molar-refractivity contribution in [3.63, 3.8) is 0 Å². The van der Waals surface area contributed by atoms with E-state index in [0.29, 0.717) is 11.7 Å². The van der Waals surface area contributed by atoms with E-state index < -0.39 is 5.60 Å². The molecule has 0 saturated carbocycles. The smallest absolute Gasteiger partial charge is 0.191 e. The molecule has 1 fully saturated rings. The van der Waals surface area contributed by atoms with Gasteiger partial charge in [-0.1, -0.05) is 12.1 Å². The highest BCUT2D eigenvalue weighted by Gasteiger charge is 2.27. The molecule has 1 saturated heterocycles. The molecule has 0 spiro atoms. The number of hydrogen-bond donors (Lipinski definition) is 3. The number of aliphatic hydroxyl groups is 1. The van der Waals surface area contributed by atoms with E-state index in [1.807, 2.05) is 25.1 Å². The van der Waals surface area contributed by atoms with Gasteiger partial charge in [0.25, 0.3) is 0 Å². The number of hydrogen-bond acceptors (Lipinski definition) is 5. The lowest BCUT2D eigenvalue weighted by molar-refractivity contribution is 0.0436. The Bertz CT molecular complexity index is 795. The van der Waals surface area contributed by atoms with Crippen molar-refractivity contribution in [1.82, 2.24) is 10.6 Å². The van der Waals surface area contributed by atoms with Crippen molar-refractivity contribution in [1.29, 1.82) is 0 Å². The van der Waals surface area contributed by atoms with Gasteiger partial charge in [0.2, 0.25) is 0 Å². The number of anilines is 1. The summed E-state index contributed by atoms with van der Waals surface area (Å²) in [6.45, 7) is 6.56. The molecular formula is C22H33IN4O3. The third kappa shape index (κ3) is 6.28. The molecule has 1 aromatic carbocycles. The van der Waals surface area contributed by atoms with Crippen molar-refractivity contribution in [2.24, 2.45) is 4.99 Å². The molecule has 0 radical (unpaired) electrons. The average Bonchev–Trinajstić information content (AvgIpc) is 3.28. The van der Waals surface area contributed by atoms with Crippen LogP contribution < -0.4 is 20.3 Å². The van der Waals surface area contributed by atoms with Gasteiger partial charge in [-0.15, -0.1) is 24.0 Å². The standard InChI is InChI=1S/C22H32N4O3.HI/c1-4-23-21(24-16-22(2,27)20-12-8-14-29-20)25-17-9-7-13-26(15-17)18-10-5-6-11-19(18)28-3;/h5-6,8,10-12,14,17,27H,4,7,9,13,15-16H2,1-3H3,(H2,23,24,25);1H. The number of guanidine groups is 1. The second-order valence-electron chi connectivity index (χ2n) is 7.55. The number of ether oxygens (including phenoxy) is 1. The van der Waals surface area contributed by atoms with E-state index in [9.17, 15) is 5.11 Å². The number of nitrogens with one attached hydrogen (secondary N) is 2. The quantitative estimate of drug-likeness (QED) is 0.291. The number of furan rings is 1. The Hall–Kier alpha value is -1.94. The Morgan fingerprint density at radius 1 is 1.33 bits per heavy atom. The lowest BCUT2D eigenvalue weighted by atomic mass is 10.0. The van der Waals surface area contributed by atoms with Crippen LogP contribution >= 0.6 is 24.0 Å². The molecule has 30 heavy (non-hydrogen) atoms. The summed E-state index contributed by atoms with van der Waals surface area (Å²) in [4.78, 5) is 6.96. The van der Waals surface area contributed by atoms with E-state index in [-0.39, 0.29) is 36.6 Å². The zero-order chi connectivity index (χ0) is 20.7. The van der Waals surface area contributed by atoms with Crippen LogP contribution in [0.5, 0.6) is 5.75 Å². The van der Waals surface area contributed by atoms with Crippen molar-refractivity contribution < 1.29 is 14.3 Å². The Balaban J connectivity index is 0.00000320. The zero-order valence-electron chi connectivity index (χ0n) is 17.9. The minimum Gasteiger partial charge on any atom is -0.495 e. The molecule has 0 aliphatic carbocycles. The third-order valence-electron chi connectivity index (χ3n) is 5.13. The lowest BCUT2D eigenvalue weighted by Crippen LogP contribution is -2.51. The highest BCUT2D eigenvalue weighted by molar-refractivity contribution is 14.0. The molecule has 2 unspecified atom stereocenters. The highest BCUT2D eigenvalue weighted by atomic mass is 127. The molecule has 2 heterocycles. The molecule has 2 aromatic rings. The molecule has 0 bridgehead atoms. The van der Waals surface area contributed by atoms with Gasteiger partial charge in [-0.05, 0) is 51.0 Å². The molecule has 0 amide bonds. The monoisotopic (exact) mass is 528 g/mol.